The van der Waals surface area contributed by atoms with Gasteiger partial charge in [-0.15, -0.1) is 6.58 Å². The lowest BCUT2D eigenvalue weighted by Crippen LogP contribution is -2.10. The highest BCUT2D eigenvalue weighted by molar-refractivity contribution is 7.86. The van der Waals surface area contributed by atoms with E-state index in [1.807, 2.05) is 0 Å². The van der Waals surface area contributed by atoms with E-state index in [4.69, 9.17) is 8.92 Å². The molecule has 1 aliphatic rings. The molecule has 2 rings (SSSR count). The zero-order valence-corrected chi connectivity index (χ0v) is 9.39. The van der Waals surface area contributed by atoms with Gasteiger partial charge in [0.15, 0.2) is 0 Å². The van der Waals surface area contributed by atoms with Gasteiger partial charge in [-0.3, -0.25) is 0 Å². The van der Waals surface area contributed by atoms with E-state index in [1.54, 1.807) is 24.3 Å². The van der Waals surface area contributed by atoms with Gasteiger partial charge >= 0.3 is 0 Å². The first-order valence-electron chi connectivity index (χ1n) is 4.88. The summed E-state index contributed by atoms with van der Waals surface area (Å²) in [5, 5.41) is 0. The summed E-state index contributed by atoms with van der Waals surface area (Å²) in [5.74, 6) is 0. The molecule has 0 aromatic heterocycles. The summed E-state index contributed by atoms with van der Waals surface area (Å²) < 4.78 is 33.4. The second kappa shape index (κ2) is 4.37. The molecule has 0 spiro atoms. The van der Waals surface area contributed by atoms with Crippen LogP contribution in [-0.4, -0.2) is 20.8 Å². The van der Waals surface area contributed by atoms with E-state index in [-0.39, 0.29) is 11.0 Å². The van der Waals surface area contributed by atoms with E-state index >= 15 is 0 Å². The molecule has 0 amide bonds. The lowest BCUT2D eigenvalue weighted by molar-refractivity contribution is 0.185. The topological polar surface area (TPSA) is 55.9 Å². The third kappa shape index (κ3) is 2.49. The number of epoxide rings is 1. The van der Waals surface area contributed by atoms with Crippen LogP contribution >= 0.6 is 0 Å². The van der Waals surface area contributed by atoms with Crippen molar-refractivity contribution >= 4 is 10.1 Å². The van der Waals surface area contributed by atoms with Gasteiger partial charge in [-0.25, -0.2) is 4.18 Å². The minimum absolute atomic E-state index is 0.142. The zero-order chi connectivity index (χ0) is 11.6. The molecule has 0 bridgehead atoms. The van der Waals surface area contributed by atoms with E-state index in [0.717, 1.165) is 0 Å². The highest BCUT2D eigenvalue weighted by Crippen LogP contribution is 2.30. The molecule has 0 unspecified atom stereocenters. The van der Waals surface area contributed by atoms with Gasteiger partial charge < -0.3 is 4.74 Å². The maximum Gasteiger partial charge on any atom is 0.299 e. The van der Waals surface area contributed by atoms with Gasteiger partial charge in [-0.2, -0.15) is 8.42 Å². The molecule has 1 aromatic carbocycles. The van der Waals surface area contributed by atoms with Crippen molar-refractivity contribution in [3.05, 3.63) is 43.0 Å². The molecule has 0 radical (unpaired) electrons. The number of rotatable bonds is 5. The lowest BCUT2D eigenvalue weighted by Gasteiger charge is -2.01. The lowest BCUT2D eigenvalue weighted by atomic mass is 10.3. The van der Waals surface area contributed by atoms with Crippen molar-refractivity contribution in [1.82, 2.24) is 0 Å². The average Bonchev–Trinajstić information content (AvgIpc) is 2.97. The van der Waals surface area contributed by atoms with E-state index in [1.165, 1.54) is 12.1 Å². The number of hydrogen-bond acceptors (Lipinski definition) is 4. The van der Waals surface area contributed by atoms with Crippen LogP contribution in [0.3, 0.4) is 0 Å². The quantitative estimate of drug-likeness (QED) is 0.446. The minimum atomic E-state index is -3.71. The molecule has 1 aromatic rings. The summed E-state index contributed by atoms with van der Waals surface area (Å²) in [6, 6.07) is 8.00. The van der Waals surface area contributed by atoms with Crippen LogP contribution in [0.2, 0.25) is 0 Å². The smallest absolute Gasteiger partial charge is 0.299 e. The second-order valence-corrected chi connectivity index (χ2v) is 5.00. The first-order valence-corrected chi connectivity index (χ1v) is 6.29. The molecular formula is C11H12O4S. The Morgan fingerprint density at radius 3 is 2.69 bits per heavy atom. The van der Waals surface area contributed by atoms with Crippen molar-refractivity contribution in [2.45, 2.75) is 23.7 Å². The maximum absolute atomic E-state index is 11.7. The normalized spacial score (nSPS) is 24.0. The maximum atomic E-state index is 11.7. The fourth-order valence-electron chi connectivity index (χ4n) is 1.31. The van der Waals surface area contributed by atoms with Crippen LogP contribution in [0, 0.1) is 0 Å². The fraction of sp³-hybridized carbons (Fsp3) is 0.273. The van der Waals surface area contributed by atoms with E-state index in [2.05, 4.69) is 6.58 Å². The zero-order valence-electron chi connectivity index (χ0n) is 8.57. The monoisotopic (exact) mass is 240 g/mol. The standard InChI is InChI=1S/C11H12O4S/c1-2-6-10-11(14-10)15-16(12,13)9-7-4-3-5-8-9/h2-5,7-8,10-11H,1,6H2/t10-,11-/m1/s1. The SMILES string of the molecule is C=CC[C@H]1O[C@@H]1OS(=O)(=O)c1ccccc1. The molecule has 1 aliphatic heterocycles. The number of benzene rings is 1. The summed E-state index contributed by atoms with van der Waals surface area (Å²) in [6.07, 6.45) is 1.41. The fourth-order valence-corrected chi connectivity index (χ4v) is 2.33. The van der Waals surface area contributed by atoms with Crippen LogP contribution < -0.4 is 0 Å². The molecular weight excluding hydrogens is 228 g/mol. The van der Waals surface area contributed by atoms with Gasteiger partial charge in [0.25, 0.3) is 10.1 Å². The van der Waals surface area contributed by atoms with Crippen molar-refractivity contribution in [2.24, 2.45) is 0 Å². The molecule has 16 heavy (non-hydrogen) atoms. The molecule has 2 atom stereocenters. The Morgan fingerprint density at radius 1 is 1.38 bits per heavy atom. The van der Waals surface area contributed by atoms with Crippen LogP contribution in [0.25, 0.3) is 0 Å². The predicted octanol–water partition coefficient (Wildman–Crippen LogP) is 1.69. The van der Waals surface area contributed by atoms with Crippen LogP contribution in [0.1, 0.15) is 6.42 Å². The Morgan fingerprint density at radius 2 is 2.06 bits per heavy atom. The van der Waals surface area contributed by atoms with E-state index in [0.29, 0.717) is 6.42 Å². The Kier molecular flexibility index (Phi) is 3.09. The van der Waals surface area contributed by atoms with Gasteiger partial charge in [0.1, 0.15) is 6.10 Å². The number of ether oxygens (including phenoxy) is 1. The van der Waals surface area contributed by atoms with Crippen molar-refractivity contribution in [3.63, 3.8) is 0 Å². The van der Waals surface area contributed by atoms with Crippen molar-refractivity contribution in [3.8, 4) is 0 Å². The Hall–Kier alpha value is -1.17. The number of hydrogen-bond donors (Lipinski definition) is 0. The predicted molar refractivity (Wildman–Crippen MR) is 58.2 cm³/mol. The second-order valence-electron chi connectivity index (χ2n) is 3.43. The van der Waals surface area contributed by atoms with Crippen molar-refractivity contribution in [1.29, 1.82) is 0 Å². The van der Waals surface area contributed by atoms with Gasteiger partial charge in [-0.05, 0) is 18.6 Å². The first-order chi connectivity index (χ1) is 7.63. The molecule has 1 fully saturated rings. The summed E-state index contributed by atoms with van der Waals surface area (Å²) in [7, 11) is -3.71. The summed E-state index contributed by atoms with van der Waals surface area (Å²) in [6.45, 7) is 3.54. The van der Waals surface area contributed by atoms with E-state index < -0.39 is 16.4 Å². The van der Waals surface area contributed by atoms with Crippen LogP contribution in [0.5, 0.6) is 0 Å². The van der Waals surface area contributed by atoms with Crippen molar-refractivity contribution < 1.29 is 17.3 Å². The molecule has 0 N–H and O–H groups in total. The highest BCUT2D eigenvalue weighted by atomic mass is 32.2. The van der Waals surface area contributed by atoms with Gasteiger partial charge in [0, 0.05) is 0 Å². The molecule has 4 nitrogen and oxygen atoms in total. The molecule has 0 saturated carbocycles. The van der Waals surface area contributed by atoms with Gasteiger partial charge in [0.2, 0.25) is 6.29 Å². The molecule has 0 aliphatic carbocycles. The minimum Gasteiger partial charge on any atom is -0.340 e. The first kappa shape index (κ1) is 11.3. The third-order valence-electron chi connectivity index (χ3n) is 2.19. The van der Waals surface area contributed by atoms with Crippen molar-refractivity contribution in [2.75, 3.05) is 0 Å². The molecule has 5 heteroatoms. The van der Waals surface area contributed by atoms with Crippen LogP contribution in [-0.2, 0) is 19.0 Å². The summed E-state index contributed by atoms with van der Waals surface area (Å²) >= 11 is 0. The molecule has 1 heterocycles. The van der Waals surface area contributed by atoms with Crippen LogP contribution in [0.4, 0.5) is 0 Å². The van der Waals surface area contributed by atoms with E-state index in [9.17, 15) is 8.42 Å². The Labute approximate surface area is 94.6 Å². The molecule has 1 saturated heterocycles. The Balaban J connectivity index is 2.03. The average molecular weight is 240 g/mol. The van der Waals surface area contributed by atoms with Crippen LogP contribution in [0.15, 0.2) is 47.9 Å². The largest absolute Gasteiger partial charge is 0.340 e. The third-order valence-corrected chi connectivity index (χ3v) is 3.48. The van der Waals surface area contributed by atoms with Gasteiger partial charge in [-0.1, -0.05) is 24.3 Å². The highest BCUT2D eigenvalue weighted by Gasteiger charge is 2.42. The molecule has 86 valence electrons. The summed E-state index contributed by atoms with van der Waals surface area (Å²) in [5.41, 5.74) is 0. The Bertz CT molecular complexity index is 466. The summed E-state index contributed by atoms with van der Waals surface area (Å²) in [4.78, 5) is 0.142. The van der Waals surface area contributed by atoms with Gasteiger partial charge in [0.05, 0.1) is 4.90 Å².